The Bertz CT molecular complexity index is 1310. The fraction of sp³-hybridized carbons (Fsp3) is 0.0800. The zero-order chi connectivity index (χ0) is 23.2. The van der Waals surface area contributed by atoms with Gasteiger partial charge in [0.2, 0.25) is 0 Å². The van der Waals surface area contributed by atoms with E-state index in [1.165, 1.54) is 11.8 Å². The molecule has 4 N–H and O–H groups in total. The second-order valence-corrected chi connectivity index (χ2v) is 8.89. The third-order valence-electron chi connectivity index (χ3n) is 4.81. The van der Waals surface area contributed by atoms with E-state index in [0.29, 0.717) is 34.3 Å². The van der Waals surface area contributed by atoms with Crippen LogP contribution in [0.25, 0.3) is 22.4 Å². The van der Waals surface area contributed by atoms with Crippen LogP contribution in [-0.4, -0.2) is 16.6 Å². The lowest BCUT2D eigenvalue weighted by Gasteiger charge is -2.14. The number of nitrogen functional groups attached to an aromatic ring is 2. The van der Waals surface area contributed by atoms with Crippen molar-refractivity contribution in [2.75, 3.05) is 18.1 Å². The van der Waals surface area contributed by atoms with Crippen LogP contribution in [0.1, 0.15) is 10.6 Å². The fourth-order valence-electron chi connectivity index (χ4n) is 3.22. The third-order valence-corrected chi connectivity index (χ3v) is 6.83. The molecule has 4 aromatic rings. The quantitative estimate of drug-likeness (QED) is 0.248. The van der Waals surface area contributed by atoms with Crippen LogP contribution in [0.15, 0.2) is 77.7 Å². The number of hydrogen-bond donors (Lipinski definition) is 2. The number of nitrogens with zero attached hydrogens (tertiary/aromatic N) is 3. The highest BCUT2D eigenvalue weighted by Crippen LogP contribution is 2.39. The fourth-order valence-corrected chi connectivity index (χ4v) is 5.04. The van der Waals surface area contributed by atoms with Crippen LogP contribution in [0.5, 0.6) is 5.75 Å². The van der Waals surface area contributed by atoms with Crippen LogP contribution in [0.4, 0.5) is 11.5 Å². The van der Waals surface area contributed by atoms with Crippen molar-refractivity contribution in [1.29, 1.82) is 5.26 Å². The molecule has 0 saturated heterocycles. The van der Waals surface area contributed by atoms with Crippen LogP contribution < -0.4 is 16.2 Å². The molecule has 0 amide bonds. The van der Waals surface area contributed by atoms with E-state index < -0.39 is 0 Å². The van der Waals surface area contributed by atoms with Crippen molar-refractivity contribution < 1.29 is 4.74 Å². The lowest BCUT2D eigenvalue weighted by molar-refractivity contribution is 0.363. The van der Waals surface area contributed by atoms with Gasteiger partial charge in [-0.05, 0) is 17.7 Å². The summed E-state index contributed by atoms with van der Waals surface area (Å²) in [5.74, 6) is 1.46. The van der Waals surface area contributed by atoms with Gasteiger partial charge >= 0.3 is 0 Å². The second kappa shape index (κ2) is 10.2. The smallest absolute Gasteiger partial charge is 0.148 e. The van der Waals surface area contributed by atoms with Gasteiger partial charge in [0.05, 0.1) is 22.7 Å². The summed E-state index contributed by atoms with van der Waals surface area (Å²) in [6, 6.07) is 19.6. The van der Waals surface area contributed by atoms with Gasteiger partial charge in [0.15, 0.2) is 0 Å². The second-order valence-electron chi connectivity index (χ2n) is 6.98. The number of aromatic nitrogens is 2. The molecule has 0 aliphatic carbocycles. The number of benzene rings is 2. The number of pyridine rings is 1. The van der Waals surface area contributed by atoms with E-state index in [2.05, 4.69) is 17.6 Å². The predicted molar refractivity (Wildman–Crippen MR) is 136 cm³/mol. The molecule has 0 aliphatic rings. The summed E-state index contributed by atoms with van der Waals surface area (Å²) in [4.78, 5) is 9.12. The van der Waals surface area contributed by atoms with Crippen LogP contribution in [0, 0.1) is 11.3 Å². The molecule has 2 heterocycles. The minimum Gasteiger partial charge on any atom is -0.490 e. The summed E-state index contributed by atoms with van der Waals surface area (Å²) >= 11 is 3.00. The molecule has 164 valence electrons. The Hall–Kier alpha value is -3.80. The van der Waals surface area contributed by atoms with E-state index >= 15 is 0 Å². The molecule has 2 aromatic heterocycles. The summed E-state index contributed by atoms with van der Waals surface area (Å²) in [6.45, 7) is 4.06. The maximum Gasteiger partial charge on any atom is 0.148 e. The van der Waals surface area contributed by atoms with Crippen molar-refractivity contribution in [3.63, 3.8) is 0 Å². The van der Waals surface area contributed by atoms with Gasteiger partial charge in [0, 0.05) is 16.5 Å². The van der Waals surface area contributed by atoms with Crippen molar-refractivity contribution in [3.05, 3.63) is 83.2 Å². The van der Waals surface area contributed by atoms with E-state index in [1.807, 2.05) is 60.0 Å². The molecule has 0 spiro atoms. The number of thiazole rings is 1. The largest absolute Gasteiger partial charge is 0.490 e. The first kappa shape index (κ1) is 22.4. The van der Waals surface area contributed by atoms with Gasteiger partial charge in [-0.1, -0.05) is 66.9 Å². The summed E-state index contributed by atoms with van der Waals surface area (Å²) in [5.41, 5.74) is 16.4. The average Bonchev–Trinajstić information content (AvgIpc) is 3.33. The Kier molecular flexibility index (Phi) is 6.93. The van der Waals surface area contributed by atoms with E-state index in [0.717, 1.165) is 21.8 Å². The molecule has 4 rings (SSSR count). The monoisotopic (exact) mass is 471 g/mol. The Morgan fingerprint density at radius 1 is 1.06 bits per heavy atom. The first-order valence-electron chi connectivity index (χ1n) is 10.1. The first-order valence-corrected chi connectivity index (χ1v) is 11.9. The van der Waals surface area contributed by atoms with Gasteiger partial charge < -0.3 is 16.2 Å². The highest BCUT2D eigenvalue weighted by atomic mass is 32.2. The number of nitriles is 1. The molecule has 0 atom stereocenters. The van der Waals surface area contributed by atoms with E-state index in [-0.39, 0.29) is 11.5 Å². The molecule has 6 nitrogen and oxygen atoms in total. The van der Waals surface area contributed by atoms with Gasteiger partial charge in [0.1, 0.15) is 34.3 Å². The number of anilines is 2. The van der Waals surface area contributed by atoms with Gasteiger partial charge in [-0.2, -0.15) is 5.26 Å². The van der Waals surface area contributed by atoms with Crippen molar-refractivity contribution in [3.8, 4) is 34.2 Å². The van der Waals surface area contributed by atoms with E-state index in [1.54, 1.807) is 17.4 Å². The number of nitrogens with two attached hydrogens (primary N) is 2. The lowest BCUT2D eigenvalue weighted by Crippen LogP contribution is -2.05. The highest BCUT2D eigenvalue weighted by molar-refractivity contribution is 7.98. The Labute approximate surface area is 200 Å². The van der Waals surface area contributed by atoms with Crippen LogP contribution in [-0.2, 0) is 5.75 Å². The third kappa shape index (κ3) is 5.00. The normalized spacial score (nSPS) is 10.5. The number of ether oxygens (including phenoxy) is 1. The summed E-state index contributed by atoms with van der Waals surface area (Å²) in [7, 11) is 0. The molecular weight excluding hydrogens is 450 g/mol. The first-order chi connectivity index (χ1) is 16.1. The van der Waals surface area contributed by atoms with Crippen LogP contribution >= 0.6 is 23.1 Å². The Morgan fingerprint density at radius 3 is 2.52 bits per heavy atom. The topological polar surface area (TPSA) is 111 Å². The molecule has 0 saturated carbocycles. The number of rotatable bonds is 8. The van der Waals surface area contributed by atoms with E-state index in [9.17, 15) is 5.26 Å². The van der Waals surface area contributed by atoms with Crippen molar-refractivity contribution >= 4 is 34.6 Å². The van der Waals surface area contributed by atoms with Gasteiger partial charge in [-0.3, -0.25) is 0 Å². The minimum absolute atomic E-state index is 0.197. The van der Waals surface area contributed by atoms with Gasteiger partial charge in [0.25, 0.3) is 0 Å². The molecule has 8 heteroatoms. The summed E-state index contributed by atoms with van der Waals surface area (Å²) < 4.78 is 5.54. The predicted octanol–water partition coefficient (Wildman–Crippen LogP) is 5.77. The minimum atomic E-state index is 0.197. The SMILES string of the molecule is C=CCOc1ccc(-c2c(N)c(N)nc(SCc3nc(-c4ccccc4)cs3)c2C#N)cc1. The Morgan fingerprint density at radius 2 is 1.82 bits per heavy atom. The number of thioether (sulfide) groups is 1. The van der Waals surface area contributed by atoms with Crippen LogP contribution in [0.3, 0.4) is 0 Å². The zero-order valence-electron chi connectivity index (χ0n) is 17.7. The molecule has 33 heavy (non-hydrogen) atoms. The molecule has 2 aromatic carbocycles. The van der Waals surface area contributed by atoms with Crippen molar-refractivity contribution in [1.82, 2.24) is 9.97 Å². The van der Waals surface area contributed by atoms with Gasteiger partial charge in [-0.15, -0.1) is 11.3 Å². The molecule has 0 radical (unpaired) electrons. The summed E-state index contributed by atoms with van der Waals surface area (Å²) in [6.07, 6.45) is 1.68. The maximum absolute atomic E-state index is 9.95. The average molecular weight is 472 g/mol. The molecular formula is C25H21N5OS2. The zero-order valence-corrected chi connectivity index (χ0v) is 19.3. The number of hydrogen-bond acceptors (Lipinski definition) is 8. The van der Waals surface area contributed by atoms with E-state index in [4.69, 9.17) is 21.2 Å². The highest BCUT2D eigenvalue weighted by Gasteiger charge is 2.19. The van der Waals surface area contributed by atoms with Gasteiger partial charge in [-0.25, -0.2) is 9.97 Å². The summed E-state index contributed by atoms with van der Waals surface area (Å²) in [5, 5.41) is 13.4. The molecule has 0 unspecified atom stereocenters. The van der Waals surface area contributed by atoms with Crippen molar-refractivity contribution in [2.24, 2.45) is 0 Å². The molecule has 0 aliphatic heterocycles. The van der Waals surface area contributed by atoms with Crippen molar-refractivity contribution in [2.45, 2.75) is 10.8 Å². The Balaban J connectivity index is 1.61. The molecule has 0 fully saturated rings. The lowest BCUT2D eigenvalue weighted by atomic mass is 10.00. The van der Waals surface area contributed by atoms with Crippen LogP contribution in [0.2, 0.25) is 0 Å². The molecule has 0 bridgehead atoms. The maximum atomic E-state index is 9.95. The standard InChI is InChI=1S/C25H21N5OS2/c1-2-12-31-18-10-8-17(9-11-18)22-19(13-26)25(30-24(28)23(22)27)33-15-21-29-20(14-32-21)16-6-4-3-5-7-16/h2-11,14H,1,12,15,27H2,(H2,28,30).